The molecule has 0 spiro atoms. The Morgan fingerprint density at radius 2 is 2.05 bits per heavy atom. The van der Waals surface area contributed by atoms with Gasteiger partial charge < -0.3 is 5.32 Å². The lowest BCUT2D eigenvalue weighted by Gasteiger charge is -2.39. The minimum Gasteiger partial charge on any atom is -0.313 e. The largest absolute Gasteiger partial charge is 0.313 e. The number of hydrogen-bond acceptors (Lipinski definition) is 2. The molecule has 0 radical (unpaired) electrons. The van der Waals surface area contributed by atoms with Gasteiger partial charge in [0.25, 0.3) is 0 Å². The second-order valence-corrected chi connectivity index (χ2v) is 5.68. The van der Waals surface area contributed by atoms with Crippen molar-refractivity contribution in [1.29, 1.82) is 0 Å². The lowest BCUT2D eigenvalue weighted by Crippen LogP contribution is -2.51. The van der Waals surface area contributed by atoms with Gasteiger partial charge in [-0.2, -0.15) is 0 Å². The zero-order chi connectivity index (χ0) is 13.5. The van der Waals surface area contributed by atoms with Crippen molar-refractivity contribution in [3.63, 3.8) is 0 Å². The Hall–Kier alpha value is -0.860. The Kier molecular flexibility index (Phi) is 5.87. The van der Waals surface area contributed by atoms with Crippen molar-refractivity contribution < 1.29 is 0 Å². The number of likely N-dealkylation sites (N-methyl/N-ethyl adjacent to an activating group) is 1. The van der Waals surface area contributed by atoms with Crippen molar-refractivity contribution in [2.75, 3.05) is 19.6 Å². The number of benzene rings is 1. The Labute approximate surface area is 118 Å². The average molecular weight is 260 g/mol. The number of likely N-dealkylation sites (tertiary alicyclic amines) is 1. The van der Waals surface area contributed by atoms with Crippen LogP contribution in [0.1, 0.15) is 38.7 Å². The number of rotatable bonds is 6. The number of nitrogens with zero attached hydrogens (tertiary/aromatic N) is 1. The van der Waals surface area contributed by atoms with Gasteiger partial charge in [-0.15, -0.1) is 0 Å². The van der Waals surface area contributed by atoms with E-state index < -0.39 is 0 Å². The first-order valence-electron chi connectivity index (χ1n) is 7.82. The molecular weight excluding hydrogens is 232 g/mol. The molecule has 0 aromatic heterocycles. The van der Waals surface area contributed by atoms with Gasteiger partial charge in [-0.25, -0.2) is 0 Å². The Morgan fingerprint density at radius 1 is 1.26 bits per heavy atom. The molecule has 0 bridgehead atoms. The minimum atomic E-state index is 0.612. The molecule has 1 aliphatic rings. The van der Waals surface area contributed by atoms with Crippen LogP contribution in [0, 0.1) is 0 Å². The monoisotopic (exact) mass is 260 g/mol. The first-order valence-corrected chi connectivity index (χ1v) is 7.82. The third-order valence-electron chi connectivity index (χ3n) is 4.30. The van der Waals surface area contributed by atoms with Gasteiger partial charge in [0, 0.05) is 18.6 Å². The smallest absolute Gasteiger partial charge is 0.0246 e. The topological polar surface area (TPSA) is 15.3 Å². The van der Waals surface area contributed by atoms with E-state index in [2.05, 4.69) is 54.4 Å². The van der Waals surface area contributed by atoms with Crippen LogP contribution in [-0.4, -0.2) is 36.6 Å². The van der Waals surface area contributed by atoms with E-state index in [1.165, 1.54) is 44.3 Å². The van der Waals surface area contributed by atoms with Crippen LogP contribution in [0.3, 0.4) is 0 Å². The van der Waals surface area contributed by atoms with E-state index >= 15 is 0 Å². The fourth-order valence-electron chi connectivity index (χ4n) is 3.24. The van der Waals surface area contributed by atoms with E-state index in [1.54, 1.807) is 0 Å². The molecule has 0 aliphatic carbocycles. The molecule has 2 unspecified atom stereocenters. The predicted octanol–water partition coefficient (Wildman–Crippen LogP) is 3.08. The molecule has 1 N–H and O–H groups in total. The van der Waals surface area contributed by atoms with Crippen LogP contribution in [-0.2, 0) is 6.42 Å². The van der Waals surface area contributed by atoms with E-state index in [4.69, 9.17) is 0 Å². The number of nitrogens with one attached hydrogen (secondary N) is 1. The Balaban J connectivity index is 1.88. The van der Waals surface area contributed by atoms with Crippen molar-refractivity contribution in [3.8, 4) is 0 Å². The quantitative estimate of drug-likeness (QED) is 0.845. The molecule has 19 heavy (non-hydrogen) atoms. The zero-order valence-electron chi connectivity index (χ0n) is 12.4. The summed E-state index contributed by atoms with van der Waals surface area (Å²) in [5.41, 5.74) is 1.46. The fourth-order valence-corrected chi connectivity index (χ4v) is 3.24. The van der Waals surface area contributed by atoms with Gasteiger partial charge in [0.15, 0.2) is 0 Å². The van der Waals surface area contributed by atoms with Crippen molar-refractivity contribution in [2.24, 2.45) is 0 Å². The van der Waals surface area contributed by atoms with Crippen LogP contribution in [0.2, 0.25) is 0 Å². The zero-order valence-corrected chi connectivity index (χ0v) is 12.4. The lowest BCUT2D eigenvalue weighted by atomic mass is 9.95. The highest BCUT2D eigenvalue weighted by Crippen LogP contribution is 2.20. The molecule has 1 aromatic rings. The predicted molar refractivity (Wildman–Crippen MR) is 82.5 cm³/mol. The van der Waals surface area contributed by atoms with Gasteiger partial charge in [-0.1, -0.05) is 43.7 Å². The van der Waals surface area contributed by atoms with Crippen LogP contribution in [0.15, 0.2) is 30.3 Å². The molecule has 106 valence electrons. The van der Waals surface area contributed by atoms with Crippen LogP contribution >= 0.6 is 0 Å². The molecule has 0 saturated carbocycles. The maximum Gasteiger partial charge on any atom is 0.0246 e. The van der Waals surface area contributed by atoms with Crippen molar-refractivity contribution in [2.45, 2.75) is 51.6 Å². The highest BCUT2D eigenvalue weighted by molar-refractivity contribution is 5.15. The maximum atomic E-state index is 3.60. The minimum absolute atomic E-state index is 0.612. The van der Waals surface area contributed by atoms with Crippen LogP contribution in [0.4, 0.5) is 0 Å². The summed E-state index contributed by atoms with van der Waals surface area (Å²) in [4.78, 5) is 2.70. The molecule has 0 amide bonds. The summed E-state index contributed by atoms with van der Waals surface area (Å²) in [7, 11) is 0. The van der Waals surface area contributed by atoms with Gasteiger partial charge in [0.05, 0.1) is 0 Å². The molecule has 2 rings (SSSR count). The standard InChI is InChI=1S/C17H28N2/c1-3-18-15(2)17-11-7-8-13-19(17)14-12-16-9-5-4-6-10-16/h4-6,9-10,15,17-18H,3,7-8,11-14H2,1-2H3. The Morgan fingerprint density at radius 3 is 2.79 bits per heavy atom. The van der Waals surface area contributed by atoms with Gasteiger partial charge in [0.1, 0.15) is 0 Å². The highest BCUT2D eigenvalue weighted by atomic mass is 15.2. The molecule has 1 saturated heterocycles. The van der Waals surface area contributed by atoms with Crippen molar-refractivity contribution >= 4 is 0 Å². The SMILES string of the molecule is CCNC(C)C1CCCCN1CCc1ccccc1. The molecule has 2 nitrogen and oxygen atoms in total. The van der Waals surface area contributed by atoms with Gasteiger partial charge in [0.2, 0.25) is 0 Å². The summed E-state index contributed by atoms with van der Waals surface area (Å²) in [5, 5.41) is 3.60. The summed E-state index contributed by atoms with van der Waals surface area (Å²) in [5.74, 6) is 0. The molecule has 1 aromatic carbocycles. The van der Waals surface area contributed by atoms with E-state index in [1.807, 2.05) is 0 Å². The van der Waals surface area contributed by atoms with Gasteiger partial charge >= 0.3 is 0 Å². The third kappa shape index (κ3) is 4.32. The second kappa shape index (κ2) is 7.66. The highest BCUT2D eigenvalue weighted by Gasteiger charge is 2.26. The molecule has 2 heteroatoms. The normalized spacial score (nSPS) is 22.3. The van der Waals surface area contributed by atoms with Crippen LogP contribution in [0.25, 0.3) is 0 Å². The van der Waals surface area contributed by atoms with E-state index in [0.29, 0.717) is 6.04 Å². The number of hydrogen-bond donors (Lipinski definition) is 1. The van der Waals surface area contributed by atoms with Gasteiger partial charge in [-0.05, 0) is 44.8 Å². The van der Waals surface area contributed by atoms with E-state index in [-0.39, 0.29) is 0 Å². The average Bonchev–Trinajstić information content (AvgIpc) is 2.47. The summed E-state index contributed by atoms with van der Waals surface area (Å²) in [6.45, 7) is 8.09. The summed E-state index contributed by atoms with van der Waals surface area (Å²) in [6, 6.07) is 12.2. The summed E-state index contributed by atoms with van der Waals surface area (Å²) < 4.78 is 0. The van der Waals surface area contributed by atoms with Gasteiger partial charge in [-0.3, -0.25) is 4.90 Å². The molecule has 1 aliphatic heterocycles. The first-order chi connectivity index (χ1) is 9.31. The van der Waals surface area contributed by atoms with E-state index in [0.717, 1.165) is 12.6 Å². The Bertz CT molecular complexity index is 350. The van der Waals surface area contributed by atoms with Crippen LogP contribution in [0.5, 0.6) is 0 Å². The summed E-state index contributed by atoms with van der Waals surface area (Å²) >= 11 is 0. The molecule has 1 heterocycles. The number of piperidine rings is 1. The fraction of sp³-hybridized carbons (Fsp3) is 0.647. The maximum absolute atomic E-state index is 3.60. The van der Waals surface area contributed by atoms with Crippen LogP contribution < -0.4 is 5.32 Å². The lowest BCUT2D eigenvalue weighted by molar-refractivity contribution is 0.121. The van der Waals surface area contributed by atoms with Crippen molar-refractivity contribution in [1.82, 2.24) is 10.2 Å². The van der Waals surface area contributed by atoms with Crippen molar-refractivity contribution in [3.05, 3.63) is 35.9 Å². The molecule has 1 fully saturated rings. The third-order valence-corrected chi connectivity index (χ3v) is 4.30. The second-order valence-electron chi connectivity index (χ2n) is 5.68. The van der Waals surface area contributed by atoms with E-state index in [9.17, 15) is 0 Å². The summed E-state index contributed by atoms with van der Waals surface area (Å²) in [6.07, 6.45) is 5.28. The first kappa shape index (κ1) is 14.5. The molecule has 2 atom stereocenters. The molecular formula is C17H28N2.